The third-order valence-electron chi connectivity index (χ3n) is 5.10. The van der Waals surface area contributed by atoms with Gasteiger partial charge in [0.15, 0.2) is 11.2 Å². The van der Waals surface area contributed by atoms with Gasteiger partial charge in [-0.3, -0.25) is 13.9 Å². The molecule has 0 spiro atoms. The molecule has 2 aromatic heterocycles. The van der Waals surface area contributed by atoms with Crippen molar-refractivity contribution >= 4 is 22.8 Å². The summed E-state index contributed by atoms with van der Waals surface area (Å²) in [5.74, 6) is 1.44. The molecule has 1 aromatic carbocycles. The standard InChI is InChI=1S/C19H23N5O3/c1-4-5-9-24-17(25)15-16(21(2)19(24)26)20-18-22(10-11-23(15)18)13-7-6-8-14(12-13)27-3/h6-8,12H,4-5,9-11H2,1-3H3. The highest BCUT2D eigenvalue weighted by Crippen LogP contribution is 2.33. The predicted octanol–water partition coefficient (Wildman–Crippen LogP) is 1.86. The van der Waals surface area contributed by atoms with Gasteiger partial charge in [0.25, 0.3) is 5.56 Å². The number of benzene rings is 1. The van der Waals surface area contributed by atoms with E-state index in [9.17, 15) is 9.59 Å². The van der Waals surface area contributed by atoms with Crippen LogP contribution in [0, 0.1) is 0 Å². The van der Waals surface area contributed by atoms with Crippen molar-refractivity contribution in [3.8, 4) is 5.75 Å². The number of nitrogens with zero attached hydrogens (tertiary/aromatic N) is 5. The van der Waals surface area contributed by atoms with Crippen LogP contribution in [-0.4, -0.2) is 32.3 Å². The van der Waals surface area contributed by atoms with Gasteiger partial charge in [-0.2, -0.15) is 4.98 Å². The summed E-state index contributed by atoms with van der Waals surface area (Å²) in [6.45, 7) is 3.82. The van der Waals surface area contributed by atoms with Gasteiger partial charge in [0, 0.05) is 38.4 Å². The zero-order valence-electron chi connectivity index (χ0n) is 15.8. The van der Waals surface area contributed by atoms with Crippen LogP contribution in [0.2, 0.25) is 0 Å². The molecule has 3 aromatic rings. The summed E-state index contributed by atoms with van der Waals surface area (Å²) in [5, 5.41) is 0. The third-order valence-corrected chi connectivity index (χ3v) is 5.10. The number of hydrogen-bond donors (Lipinski definition) is 0. The van der Waals surface area contributed by atoms with Crippen LogP contribution in [0.3, 0.4) is 0 Å². The number of ether oxygens (including phenoxy) is 1. The summed E-state index contributed by atoms with van der Waals surface area (Å²) in [7, 11) is 3.30. The quantitative estimate of drug-likeness (QED) is 0.686. The van der Waals surface area contributed by atoms with Crippen LogP contribution in [0.1, 0.15) is 19.8 Å². The first kappa shape index (κ1) is 17.4. The maximum Gasteiger partial charge on any atom is 0.332 e. The van der Waals surface area contributed by atoms with Crippen molar-refractivity contribution in [1.82, 2.24) is 18.7 Å². The van der Waals surface area contributed by atoms with Gasteiger partial charge in [0.05, 0.1) is 7.11 Å². The highest BCUT2D eigenvalue weighted by Gasteiger charge is 2.28. The fourth-order valence-corrected chi connectivity index (χ4v) is 3.61. The summed E-state index contributed by atoms with van der Waals surface area (Å²) < 4.78 is 10.0. The van der Waals surface area contributed by atoms with Gasteiger partial charge in [0.2, 0.25) is 5.95 Å². The van der Waals surface area contributed by atoms with Crippen LogP contribution in [0.15, 0.2) is 33.9 Å². The number of anilines is 2. The maximum absolute atomic E-state index is 13.0. The molecular formula is C19H23N5O3. The number of aryl methyl sites for hydroxylation is 1. The summed E-state index contributed by atoms with van der Waals surface area (Å²) in [6.07, 6.45) is 1.71. The first-order chi connectivity index (χ1) is 13.1. The number of aromatic nitrogens is 4. The molecule has 0 fully saturated rings. The van der Waals surface area contributed by atoms with E-state index in [1.54, 1.807) is 14.2 Å². The minimum Gasteiger partial charge on any atom is -0.497 e. The Morgan fingerprint density at radius 3 is 2.78 bits per heavy atom. The minimum absolute atomic E-state index is 0.257. The normalized spacial score (nSPS) is 13.4. The lowest BCUT2D eigenvalue weighted by Gasteiger charge is -2.16. The number of unbranched alkanes of at least 4 members (excludes halogenated alkanes) is 1. The summed E-state index contributed by atoms with van der Waals surface area (Å²) in [6, 6.07) is 7.73. The van der Waals surface area contributed by atoms with Crippen LogP contribution < -0.4 is 20.9 Å². The zero-order valence-corrected chi connectivity index (χ0v) is 15.8. The van der Waals surface area contributed by atoms with Gasteiger partial charge in [-0.25, -0.2) is 4.79 Å². The lowest BCUT2D eigenvalue weighted by molar-refractivity contribution is 0.415. The SMILES string of the molecule is CCCCn1c(=O)c2c(nc3n2CCN3c2cccc(OC)c2)n(C)c1=O. The average Bonchev–Trinajstić information content (AvgIpc) is 3.25. The summed E-state index contributed by atoms with van der Waals surface area (Å²) >= 11 is 0. The molecule has 0 N–H and O–H groups in total. The fourth-order valence-electron chi connectivity index (χ4n) is 3.61. The summed E-state index contributed by atoms with van der Waals surface area (Å²) in [4.78, 5) is 32.3. The number of methoxy groups -OCH3 is 1. The first-order valence-corrected chi connectivity index (χ1v) is 9.18. The summed E-state index contributed by atoms with van der Waals surface area (Å²) in [5.41, 5.74) is 1.30. The van der Waals surface area contributed by atoms with Gasteiger partial charge in [0.1, 0.15) is 5.75 Å². The maximum atomic E-state index is 13.0. The van der Waals surface area contributed by atoms with Crippen molar-refractivity contribution in [1.29, 1.82) is 0 Å². The molecule has 0 bridgehead atoms. The molecule has 0 saturated heterocycles. The topological polar surface area (TPSA) is 74.3 Å². The van der Waals surface area contributed by atoms with Crippen molar-refractivity contribution in [2.45, 2.75) is 32.9 Å². The van der Waals surface area contributed by atoms with Crippen LogP contribution in [0.4, 0.5) is 11.6 Å². The van der Waals surface area contributed by atoms with Gasteiger partial charge in [-0.05, 0) is 18.6 Å². The largest absolute Gasteiger partial charge is 0.497 e. The van der Waals surface area contributed by atoms with Crippen LogP contribution in [0.5, 0.6) is 5.75 Å². The molecule has 142 valence electrons. The molecule has 0 amide bonds. The second kappa shape index (κ2) is 6.61. The molecule has 0 saturated carbocycles. The fraction of sp³-hybridized carbons (Fsp3) is 0.421. The Morgan fingerprint density at radius 2 is 2.04 bits per heavy atom. The Balaban J connectivity index is 1.90. The van der Waals surface area contributed by atoms with Crippen LogP contribution in [-0.2, 0) is 20.1 Å². The van der Waals surface area contributed by atoms with Gasteiger partial charge in [-0.15, -0.1) is 0 Å². The average molecular weight is 369 g/mol. The Morgan fingerprint density at radius 1 is 1.22 bits per heavy atom. The van der Waals surface area contributed by atoms with Gasteiger partial charge < -0.3 is 14.2 Å². The van der Waals surface area contributed by atoms with Crippen LogP contribution >= 0.6 is 0 Å². The van der Waals surface area contributed by atoms with Crippen molar-refractivity contribution in [3.63, 3.8) is 0 Å². The number of imidazole rings is 1. The van der Waals surface area contributed by atoms with Crippen molar-refractivity contribution in [2.75, 3.05) is 18.6 Å². The Hall–Kier alpha value is -3.03. The highest BCUT2D eigenvalue weighted by molar-refractivity contribution is 5.77. The van der Waals surface area contributed by atoms with E-state index < -0.39 is 0 Å². The number of rotatable bonds is 5. The molecule has 1 aliphatic rings. The van der Waals surface area contributed by atoms with E-state index in [1.165, 1.54) is 9.13 Å². The smallest absolute Gasteiger partial charge is 0.332 e. The number of hydrogen-bond acceptors (Lipinski definition) is 5. The molecule has 27 heavy (non-hydrogen) atoms. The van der Waals surface area contributed by atoms with Crippen molar-refractivity contribution in [2.24, 2.45) is 7.05 Å². The molecule has 0 atom stereocenters. The van der Waals surface area contributed by atoms with E-state index in [0.717, 1.165) is 24.3 Å². The lowest BCUT2D eigenvalue weighted by Crippen LogP contribution is -2.39. The molecule has 4 rings (SSSR count). The second-order valence-corrected chi connectivity index (χ2v) is 6.74. The molecule has 1 aliphatic heterocycles. The van der Waals surface area contributed by atoms with Gasteiger partial charge in [-0.1, -0.05) is 19.4 Å². The Kier molecular flexibility index (Phi) is 4.25. The Labute approximate surface area is 156 Å². The molecule has 0 radical (unpaired) electrons. The third kappa shape index (κ3) is 2.63. The minimum atomic E-state index is -0.314. The van der Waals surface area contributed by atoms with Crippen molar-refractivity contribution in [3.05, 3.63) is 45.1 Å². The first-order valence-electron chi connectivity index (χ1n) is 9.18. The van der Waals surface area contributed by atoms with E-state index >= 15 is 0 Å². The monoisotopic (exact) mass is 369 g/mol. The van der Waals surface area contributed by atoms with Gasteiger partial charge >= 0.3 is 5.69 Å². The second-order valence-electron chi connectivity index (χ2n) is 6.74. The van der Waals surface area contributed by atoms with E-state index in [2.05, 4.69) is 4.98 Å². The number of fused-ring (bicyclic) bond motifs is 3. The molecule has 8 heteroatoms. The highest BCUT2D eigenvalue weighted by atomic mass is 16.5. The lowest BCUT2D eigenvalue weighted by atomic mass is 10.3. The molecule has 8 nitrogen and oxygen atoms in total. The van der Waals surface area contributed by atoms with E-state index in [0.29, 0.717) is 36.7 Å². The Bertz CT molecular complexity index is 1120. The van der Waals surface area contributed by atoms with E-state index in [4.69, 9.17) is 4.74 Å². The molecule has 3 heterocycles. The zero-order chi connectivity index (χ0) is 19.1. The molecule has 0 unspecified atom stereocenters. The predicted molar refractivity (Wildman–Crippen MR) is 104 cm³/mol. The van der Waals surface area contributed by atoms with E-state index in [-0.39, 0.29) is 11.2 Å². The molecular weight excluding hydrogens is 346 g/mol. The molecule has 0 aliphatic carbocycles. The van der Waals surface area contributed by atoms with E-state index in [1.807, 2.05) is 40.7 Å². The van der Waals surface area contributed by atoms with Crippen molar-refractivity contribution < 1.29 is 4.74 Å². The van der Waals surface area contributed by atoms with Crippen LogP contribution in [0.25, 0.3) is 11.2 Å².